The number of rotatable bonds is 7. The van der Waals surface area contributed by atoms with Crippen LogP contribution in [0.15, 0.2) is 69.3 Å². The molecule has 0 bridgehead atoms. The molecule has 1 heterocycles. The number of benzene rings is 2. The summed E-state index contributed by atoms with van der Waals surface area (Å²) in [6.07, 6.45) is 0. The van der Waals surface area contributed by atoms with E-state index in [1.165, 1.54) is 13.1 Å². The van der Waals surface area contributed by atoms with Gasteiger partial charge in [0.2, 0.25) is 0 Å². The van der Waals surface area contributed by atoms with Gasteiger partial charge in [-0.3, -0.25) is 9.10 Å². The lowest BCUT2D eigenvalue weighted by Gasteiger charge is -2.20. The number of sulfonamides is 1. The third-order valence-corrected chi connectivity index (χ3v) is 7.43. The van der Waals surface area contributed by atoms with Crippen LogP contribution >= 0.6 is 27.3 Å². The lowest BCUT2D eigenvalue weighted by molar-refractivity contribution is 0.102. The van der Waals surface area contributed by atoms with Crippen LogP contribution in [0.2, 0.25) is 0 Å². The first-order valence-electron chi connectivity index (χ1n) is 8.69. The average molecular weight is 495 g/mol. The summed E-state index contributed by atoms with van der Waals surface area (Å²) in [7, 11) is -2.46. The topological polar surface area (TPSA) is 75.7 Å². The van der Waals surface area contributed by atoms with Gasteiger partial charge in [0.1, 0.15) is 15.5 Å². The van der Waals surface area contributed by atoms with Crippen LogP contribution in [0.1, 0.15) is 16.6 Å². The summed E-state index contributed by atoms with van der Waals surface area (Å²) in [5, 5.41) is 4.33. The number of anilines is 2. The molecule has 152 valence electrons. The molecule has 6 nitrogen and oxygen atoms in total. The fourth-order valence-electron chi connectivity index (χ4n) is 2.63. The van der Waals surface area contributed by atoms with Gasteiger partial charge >= 0.3 is 0 Å². The maximum atomic E-state index is 13.2. The molecule has 1 N–H and O–H groups in total. The zero-order chi connectivity index (χ0) is 21.0. The Morgan fingerprint density at radius 2 is 1.90 bits per heavy atom. The molecule has 0 saturated heterocycles. The standard InChI is InChI=1S/C20H19BrN2O4S2/c1-3-27-17-9-7-16(8-10-17)23(2)29(25,26)18-11-12-28-19(18)20(24)22-15-6-4-5-14(21)13-15/h4-13H,3H2,1-2H3,(H,22,24). The molecule has 1 aromatic heterocycles. The summed E-state index contributed by atoms with van der Waals surface area (Å²) in [6.45, 7) is 2.40. The van der Waals surface area contributed by atoms with Crippen molar-refractivity contribution in [1.29, 1.82) is 0 Å². The van der Waals surface area contributed by atoms with Crippen molar-refractivity contribution in [2.24, 2.45) is 0 Å². The zero-order valence-electron chi connectivity index (χ0n) is 15.8. The highest BCUT2D eigenvalue weighted by atomic mass is 79.9. The fraction of sp³-hybridized carbons (Fsp3) is 0.150. The number of hydrogen-bond donors (Lipinski definition) is 1. The Balaban J connectivity index is 1.86. The monoisotopic (exact) mass is 494 g/mol. The predicted octanol–water partition coefficient (Wildman–Crippen LogP) is 4.99. The molecule has 2 aromatic carbocycles. The van der Waals surface area contributed by atoms with Crippen molar-refractivity contribution in [3.63, 3.8) is 0 Å². The first-order valence-corrected chi connectivity index (χ1v) is 11.8. The smallest absolute Gasteiger partial charge is 0.267 e. The van der Waals surface area contributed by atoms with Gasteiger partial charge in [0.05, 0.1) is 12.3 Å². The number of ether oxygens (including phenoxy) is 1. The molecule has 9 heteroatoms. The van der Waals surface area contributed by atoms with E-state index >= 15 is 0 Å². The molecule has 0 radical (unpaired) electrons. The molecule has 0 aliphatic rings. The van der Waals surface area contributed by atoms with E-state index in [9.17, 15) is 13.2 Å². The summed E-state index contributed by atoms with van der Waals surface area (Å²) < 4.78 is 33.7. The van der Waals surface area contributed by atoms with Gasteiger partial charge in [-0.25, -0.2) is 8.42 Å². The van der Waals surface area contributed by atoms with Crippen molar-refractivity contribution in [3.8, 4) is 5.75 Å². The summed E-state index contributed by atoms with van der Waals surface area (Å²) in [5.41, 5.74) is 1.04. The van der Waals surface area contributed by atoms with Crippen LogP contribution in [-0.4, -0.2) is 28.0 Å². The van der Waals surface area contributed by atoms with Crippen LogP contribution in [0.25, 0.3) is 0 Å². The molecule has 3 rings (SSSR count). The van der Waals surface area contributed by atoms with Gasteiger partial charge in [-0.15, -0.1) is 11.3 Å². The third kappa shape index (κ3) is 4.80. The third-order valence-electron chi connectivity index (χ3n) is 4.07. The van der Waals surface area contributed by atoms with Gasteiger partial charge in [-0.1, -0.05) is 22.0 Å². The molecule has 0 unspecified atom stereocenters. The number of amides is 1. The van der Waals surface area contributed by atoms with Gasteiger partial charge in [-0.2, -0.15) is 0 Å². The van der Waals surface area contributed by atoms with Gasteiger partial charge in [0.25, 0.3) is 15.9 Å². The molecule has 1 amide bonds. The Labute approximate surface area is 182 Å². The minimum Gasteiger partial charge on any atom is -0.494 e. The number of nitrogens with zero attached hydrogens (tertiary/aromatic N) is 1. The van der Waals surface area contributed by atoms with E-state index in [2.05, 4.69) is 21.2 Å². The van der Waals surface area contributed by atoms with Crippen molar-refractivity contribution in [1.82, 2.24) is 0 Å². The van der Waals surface area contributed by atoms with Crippen molar-refractivity contribution < 1.29 is 17.9 Å². The van der Waals surface area contributed by atoms with Crippen molar-refractivity contribution >= 4 is 54.6 Å². The number of carbonyl (C=O) groups excluding carboxylic acids is 1. The first-order chi connectivity index (χ1) is 13.8. The van der Waals surface area contributed by atoms with Crippen LogP contribution in [0.3, 0.4) is 0 Å². The average Bonchev–Trinajstić information content (AvgIpc) is 3.19. The van der Waals surface area contributed by atoms with Gasteiger partial charge in [-0.05, 0) is 60.8 Å². The highest BCUT2D eigenvalue weighted by Gasteiger charge is 2.28. The number of halogens is 1. The largest absolute Gasteiger partial charge is 0.494 e. The van der Waals surface area contributed by atoms with Gasteiger partial charge in [0, 0.05) is 17.2 Å². The molecular formula is C20H19BrN2O4S2. The van der Waals surface area contributed by atoms with E-state index in [0.717, 1.165) is 20.1 Å². The molecule has 0 aliphatic heterocycles. The van der Waals surface area contributed by atoms with Gasteiger partial charge in [0.15, 0.2) is 0 Å². The lowest BCUT2D eigenvalue weighted by Crippen LogP contribution is -2.28. The van der Waals surface area contributed by atoms with Crippen LogP contribution < -0.4 is 14.4 Å². The second-order valence-corrected chi connectivity index (χ2v) is 9.75. The Kier molecular flexibility index (Phi) is 6.61. The Morgan fingerprint density at radius 3 is 2.55 bits per heavy atom. The zero-order valence-corrected chi connectivity index (χ0v) is 19.0. The van der Waals surface area contributed by atoms with E-state index < -0.39 is 15.9 Å². The van der Waals surface area contributed by atoms with Crippen LogP contribution in [-0.2, 0) is 10.0 Å². The minimum absolute atomic E-state index is 0.0358. The number of thiophene rings is 1. The lowest BCUT2D eigenvalue weighted by atomic mass is 10.3. The van der Waals surface area contributed by atoms with Crippen LogP contribution in [0.4, 0.5) is 11.4 Å². The minimum atomic E-state index is -3.92. The summed E-state index contributed by atoms with van der Waals surface area (Å²) >= 11 is 4.43. The van der Waals surface area contributed by atoms with Crippen molar-refractivity contribution in [2.75, 3.05) is 23.3 Å². The Hall–Kier alpha value is -2.36. The summed E-state index contributed by atoms with van der Waals surface area (Å²) in [6, 6.07) is 15.3. The first kappa shape index (κ1) is 21.4. The molecule has 0 saturated carbocycles. The summed E-state index contributed by atoms with van der Waals surface area (Å²) in [5.74, 6) is 0.184. The molecule has 29 heavy (non-hydrogen) atoms. The summed E-state index contributed by atoms with van der Waals surface area (Å²) in [4.78, 5) is 12.8. The van der Waals surface area contributed by atoms with Crippen LogP contribution in [0, 0.1) is 0 Å². The number of hydrogen-bond acceptors (Lipinski definition) is 5. The molecule has 3 aromatic rings. The molecular weight excluding hydrogens is 476 g/mol. The SMILES string of the molecule is CCOc1ccc(N(C)S(=O)(=O)c2ccsc2C(=O)Nc2cccc(Br)c2)cc1. The fourth-order valence-corrected chi connectivity index (χ4v) is 5.51. The van der Waals surface area contributed by atoms with E-state index in [-0.39, 0.29) is 9.77 Å². The second kappa shape index (κ2) is 8.98. The molecule has 0 atom stereocenters. The Morgan fingerprint density at radius 1 is 1.17 bits per heavy atom. The van der Waals surface area contributed by atoms with E-state index in [0.29, 0.717) is 23.7 Å². The van der Waals surface area contributed by atoms with Gasteiger partial charge < -0.3 is 10.1 Å². The highest BCUT2D eigenvalue weighted by molar-refractivity contribution is 9.10. The molecule has 0 fully saturated rings. The normalized spacial score (nSPS) is 11.1. The van der Waals surface area contributed by atoms with E-state index in [4.69, 9.17) is 4.74 Å². The highest BCUT2D eigenvalue weighted by Crippen LogP contribution is 2.29. The van der Waals surface area contributed by atoms with Crippen molar-refractivity contribution in [3.05, 3.63) is 69.3 Å². The predicted molar refractivity (Wildman–Crippen MR) is 120 cm³/mol. The quantitative estimate of drug-likeness (QED) is 0.502. The van der Waals surface area contributed by atoms with Crippen LogP contribution in [0.5, 0.6) is 5.75 Å². The molecule has 0 spiro atoms. The number of carbonyl (C=O) groups is 1. The second-order valence-electron chi connectivity index (χ2n) is 5.98. The maximum Gasteiger partial charge on any atom is 0.267 e. The van der Waals surface area contributed by atoms with E-state index in [1.54, 1.807) is 47.8 Å². The van der Waals surface area contributed by atoms with E-state index in [1.807, 2.05) is 13.0 Å². The molecule has 0 aliphatic carbocycles. The Bertz CT molecular complexity index is 1110. The van der Waals surface area contributed by atoms with Crippen molar-refractivity contribution in [2.45, 2.75) is 11.8 Å². The number of nitrogens with one attached hydrogen (secondary N) is 1. The maximum absolute atomic E-state index is 13.2.